The van der Waals surface area contributed by atoms with E-state index in [0.717, 1.165) is 11.1 Å². The van der Waals surface area contributed by atoms with Gasteiger partial charge in [0, 0.05) is 7.05 Å². The Balaban J connectivity index is 2.64. The van der Waals surface area contributed by atoms with Crippen molar-refractivity contribution in [1.29, 1.82) is 0 Å². The van der Waals surface area contributed by atoms with Crippen LogP contribution in [0.4, 0.5) is 0 Å². The summed E-state index contributed by atoms with van der Waals surface area (Å²) in [6.07, 6.45) is 0. The summed E-state index contributed by atoms with van der Waals surface area (Å²) in [5, 5.41) is 2.92. The molecule has 0 fully saturated rings. The molecule has 0 aliphatic rings. The van der Waals surface area contributed by atoms with E-state index in [9.17, 15) is 4.79 Å². The van der Waals surface area contributed by atoms with E-state index in [4.69, 9.17) is 16.0 Å². The maximum absolute atomic E-state index is 11.2. The molecule has 2 aromatic rings. The number of hydrogen-bond acceptors (Lipinski definition) is 3. The molecule has 0 radical (unpaired) electrons. The van der Waals surface area contributed by atoms with Gasteiger partial charge >= 0.3 is 5.76 Å². The van der Waals surface area contributed by atoms with E-state index in [0.29, 0.717) is 5.58 Å². The third-order valence-electron chi connectivity index (χ3n) is 2.36. The van der Waals surface area contributed by atoms with Crippen molar-refractivity contribution in [3.63, 3.8) is 0 Å². The number of fused-ring (bicyclic) bond motifs is 1. The molecule has 15 heavy (non-hydrogen) atoms. The van der Waals surface area contributed by atoms with Crippen molar-refractivity contribution in [2.24, 2.45) is 7.05 Å². The lowest BCUT2D eigenvalue weighted by Gasteiger charge is -2.07. The highest BCUT2D eigenvalue weighted by Crippen LogP contribution is 2.21. The fourth-order valence-electron chi connectivity index (χ4n) is 1.47. The molecule has 80 valence electrons. The van der Waals surface area contributed by atoms with Crippen LogP contribution in [0.15, 0.2) is 27.4 Å². The Labute approximate surface area is 91.4 Å². The van der Waals surface area contributed by atoms with Crippen LogP contribution < -0.4 is 11.1 Å². The predicted molar refractivity (Wildman–Crippen MR) is 59.1 cm³/mol. The highest BCUT2D eigenvalue weighted by Gasteiger charge is 2.10. The first-order chi connectivity index (χ1) is 7.13. The van der Waals surface area contributed by atoms with E-state index >= 15 is 0 Å². The largest absolute Gasteiger partial charge is 0.419 e. The number of aromatic nitrogens is 1. The quantitative estimate of drug-likeness (QED) is 0.625. The number of nitrogens with zero attached hydrogens (tertiary/aromatic N) is 1. The van der Waals surface area contributed by atoms with Crippen LogP contribution in [0.3, 0.4) is 0 Å². The normalized spacial score (nSPS) is 13.3. The molecule has 1 aromatic heterocycles. The first kappa shape index (κ1) is 10.3. The summed E-state index contributed by atoms with van der Waals surface area (Å²) in [4.78, 5) is 11.2. The Hall–Kier alpha value is -1.26. The summed E-state index contributed by atoms with van der Waals surface area (Å²) in [6, 6.07) is 5.42. The molecular formula is C10H11ClN2O2. The van der Waals surface area contributed by atoms with E-state index in [-0.39, 0.29) is 11.3 Å². The van der Waals surface area contributed by atoms with Crippen LogP contribution >= 0.6 is 11.6 Å². The van der Waals surface area contributed by atoms with Gasteiger partial charge in [0.1, 0.15) is 5.50 Å². The molecule has 0 amide bonds. The molecule has 5 heteroatoms. The van der Waals surface area contributed by atoms with Crippen LogP contribution in [0.5, 0.6) is 0 Å². The first-order valence-electron chi connectivity index (χ1n) is 4.54. The number of hydrogen-bond donors (Lipinski definition) is 1. The first-order valence-corrected chi connectivity index (χ1v) is 4.98. The van der Waals surface area contributed by atoms with Crippen molar-refractivity contribution in [3.05, 3.63) is 34.3 Å². The average Bonchev–Trinajstić information content (AvgIpc) is 2.54. The lowest BCUT2D eigenvalue weighted by Crippen LogP contribution is -2.11. The van der Waals surface area contributed by atoms with Gasteiger partial charge in [-0.15, -0.1) is 11.6 Å². The van der Waals surface area contributed by atoms with Crippen molar-refractivity contribution in [2.75, 3.05) is 7.05 Å². The van der Waals surface area contributed by atoms with Gasteiger partial charge in [-0.05, 0) is 24.7 Å². The lowest BCUT2D eigenvalue weighted by atomic mass is 10.2. The Kier molecular flexibility index (Phi) is 2.54. The van der Waals surface area contributed by atoms with Crippen molar-refractivity contribution in [3.8, 4) is 0 Å². The highest BCUT2D eigenvalue weighted by molar-refractivity contribution is 6.20. The fraction of sp³-hybridized carbons (Fsp3) is 0.300. The summed E-state index contributed by atoms with van der Waals surface area (Å²) in [7, 11) is 3.44. The Morgan fingerprint density at radius 3 is 2.93 bits per heavy atom. The van der Waals surface area contributed by atoms with Crippen LogP contribution in [0, 0.1) is 0 Å². The summed E-state index contributed by atoms with van der Waals surface area (Å²) in [5.74, 6) is -0.363. The van der Waals surface area contributed by atoms with Crippen LogP contribution in [0.25, 0.3) is 11.1 Å². The third-order valence-corrected chi connectivity index (χ3v) is 2.83. The summed E-state index contributed by atoms with van der Waals surface area (Å²) >= 11 is 6.02. The number of benzene rings is 1. The third kappa shape index (κ3) is 1.66. The zero-order valence-corrected chi connectivity index (χ0v) is 9.21. The predicted octanol–water partition coefficient (Wildman–Crippen LogP) is 1.59. The number of aryl methyl sites for hydroxylation is 1. The maximum atomic E-state index is 11.2. The minimum Gasteiger partial charge on any atom is -0.408 e. The molecular weight excluding hydrogens is 216 g/mol. The second-order valence-electron chi connectivity index (χ2n) is 3.31. The molecule has 0 aliphatic carbocycles. The maximum Gasteiger partial charge on any atom is 0.419 e. The molecule has 0 saturated heterocycles. The van der Waals surface area contributed by atoms with E-state index in [1.54, 1.807) is 20.2 Å². The standard InChI is InChI=1S/C10H11ClN2O2/c1-12-9(11)6-3-4-8-7(5-6)13(2)10(14)15-8/h3-5,9,12H,1-2H3. The van der Waals surface area contributed by atoms with Crippen LogP contribution in [-0.2, 0) is 7.05 Å². The fourth-order valence-corrected chi connectivity index (χ4v) is 1.60. The van der Waals surface area contributed by atoms with Crippen molar-refractivity contribution in [1.82, 2.24) is 9.88 Å². The summed E-state index contributed by atoms with van der Waals surface area (Å²) in [5.41, 5.74) is 1.96. The van der Waals surface area contributed by atoms with Crippen molar-refractivity contribution < 1.29 is 4.42 Å². The number of oxazole rings is 1. The van der Waals surface area contributed by atoms with E-state index < -0.39 is 0 Å². The molecule has 1 atom stereocenters. The van der Waals surface area contributed by atoms with Crippen LogP contribution in [-0.4, -0.2) is 11.6 Å². The van der Waals surface area contributed by atoms with Gasteiger partial charge in [-0.3, -0.25) is 4.57 Å². The molecule has 0 spiro atoms. The van der Waals surface area contributed by atoms with Gasteiger partial charge < -0.3 is 9.73 Å². The number of halogens is 1. The van der Waals surface area contributed by atoms with E-state index in [1.807, 2.05) is 12.1 Å². The van der Waals surface area contributed by atoms with Crippen molar-refractivity contribution >= 4 is 22.7 Å². The van der Waals surface area contributed by atoms with Gasteiger partial charge in [-0.1, -0.05) is 6.07 Å². The van der Waals surface area contributed by atoms with E-state index in [1.165, 1.54) is 4.57 Å². The molecule has 1 unspecified atom stereocenters. The highest BCUT2D eigenvalue weighted by atomic mass is 35.5. The van der Waals surface area contributed by atoms with Gasteiger partial charge in [0.25, 0.3) is 0 Å². The number of rotatable bonds is 2. The Morgan fingerprint density at radius 2 is 2.27 bits per heavy atom. The molecule has 0 aliphatic heterocycles. The Morgan fingerprint density at radius 1 is 1.53 bits per heavy atom. The minimum atomic E-state index is -0.363. The summed E-state index contributed by atoms with van der Waals surface area (Å²) in [6.45, 7) is 0. The molecule has 1 N–H and O–H groups in total. The molecule has 4 nitrogen and oxygen atoms in total. The lowest BCUT2D eigenvalue weighted by molar-refractivity contribution is 0.528. The smallest absolute Gasteiger partial charge is 0.408 e. The second-order valence-corrected chi connectivity index (χ2v) is 3.74. The van der Waals surface area contributed by atoms with E-state index in [2.05, 4.69) is 5.32 Å². The minimum absolute atomic E-state index is 0.264. The van der Waals surface area contributed by atoms with Gasteiger partial charge in [0.2, 0.25) is 0 Å². The van der Waals surface area contributed by atoms with Gasteiger partial charge in [-0.2, -0.15) is 0 Å². The van der Waals surface area contributed by atoms with Crippen LogP contribution in [0.2, 0.25) is 0 Å². The molecule has 1 aromatic carbocycles. The zero-order chi connectivity index (χ0) is 11.0. The monoisotopic (exact) mass is 226 g/mol. The second kappa shape index (κ2) is 3.72. The van der Waals surface area contributed by atoms with Crippen molar-refractivity contribution in [2.45, 2.75) is 5.50 Å². The Bertz CT molecular complexity index is 544. The van der Waals surface area contributed by atoms with Gasteiger partial charge in [0.05, 0.1) is 5.52 Å². The molecule has 0 saturated carbocycles. The topological polar surface area (TPSA) is 47.2 Å². The van der Waals surface area contributed by atoms with Gasteiger partial charge in [0.15, 0.2) is 5.58 Å². The molecule has 2 rings (SSSR count). The number of alkyl halides is 1. The SMILES string of the molecule is CNC(Cl)c1ccc2oc(=O)n(C)c2c1. The van der Waals surface area contributed by atoms with Gasteiger partial charge in [-0.25, -0.2) is 4.79 Å². The van der Waals surface area contributed by atoms with Crippen LogP contribution in [0.1, 0.15) is 11.1 Å². The summed E-state index contributed by atoms with van der Waals surface area (Å²) < 4.78 is 6.47. The number of nitrogens with one attached hydrogen (secondary N) is 1. The molecule has 1 heterocycles. The molecule has 0 bridgehead atoms. The average molecular weight is 227 g/mol. The zero-order valence-electron chi connectivity index (χ0n) is 8.45.